The van der Waals surface area contributed by atoms with Crippen LogP contribution in [-0.4, -0.2) is 25.1 Å². The second kappa shape index (κ2) is 7.00. The highest BCUT2D eigenvalue weighted by molar-refractivity contribution is 7.90. The molecule has 2 aromatic carbocycles. The molecule has 0 atom stereocenters. The van der Waals surface area contributed by atoms with Crippen LogP contribution in [0.15, 0.2) is 59.5 Å². The summed E-state index contributed by atoms with van der Waals surface area (Å²) in [6.07, 6.45) is 1.02. The van der Waals surface area contributed by atoms with Gasteiger partial charge < -0.3 is 9.88 Å². The van der Waals surface area contributed by atoms with Crippen LogP contribution in [-0.2, 0) is 9.84 Å². The van der Waals surface area contributed by atoms with Gasteiger partial charge in [0.1, 0.15) is 5.82 Å². The van der Waals surface area contributed by atoms with Crippen LogP contribution in [0.4, 0.5) is 10.1 Å². The van der Waals surface area contributed by atoms with E-state index in [4.69, 9.17) is 0 Å². The molecule has 0 aliphatic carbocycles. The number of anilines is 1. The molecule has 0 saturated carbocycles. The number of amides is 1. The lowest BCUT2D eigenvalue weighted by Gasteiger charge is -2.11. The van der Waals surface area contributed by atoms with Crippen molar-refractivity contribution in [3.05, 3.63) is 77.4 Å². The van der Waals surface area contributed by atoms with Crippen molar-refractivity contribution in [2.45, 2.75) is 18.7 Å². The van der Waals surface area contributed by atoms with E-state index in [9.17, 15) is 17.6 Å². The Morgan fingerprint density at radius 2 is 1.56 bits per heavy atom. The number of carbonyl (C=O) groups excluding carboxylic acids is 1. The lowest BCUT2D eigenvalue weighted by Crippen LogP contribution is -2.14. The van der Waals surface area contributed by atoms with Crippen LogP contribution >= 0.6 is 0 Å². The van der Waals surface area contributed by atoms with Gasteiger partial charge in [0.05, 0.1) is 10.6 Å². The molecule has 3 rings (SSSR count). The van der Waals surface area contributed by atoms with Crippen molar-refractivity contribution in [3.63, 3.8) is 0 Å². The molecule has 1 heterocycles. The molecule has 0 radical (unpaired) electrons. The molecule has 0 bridgehead atoms. The Bertz CT molecular complexity index is 1100. The molecular formula is C20H19FN2O3S. The van der Waals surface area contributed by atoms with Crippen LogP contribution in [0.25, 0.3) is 5.69 Å². The first-order valence-corrected chi connectivity index (χ1v) is 10.1. The van der Waals surface area contributed by atoms with Crippen molar-refractivity contribution in [2.75, 3.05) is 11.6 Å². The zero-order chi connectivity index (χ0) is 19.8. The quantitative estimate of drug-likeness (QED) is 0.692. The number of benzene rings is 2. The van der Waals surface area contributed by atoms with E-state index in [1.165, 1.54) is 0 Å². The van der Waals surface area contributed by atoms with Crippen LogP contribution in [0.1, 0.15) is 21.7 Å². The Balaban J connectivity index is 1.85. The van der Waals surface area contributed by atoms with E-state index < -0.39 is 21.6 Å². The predicted molar refractivity (Wildman–Crippen MR) is 103 cm³/mol. The molecule has 27 heavy (non-hydrogen) atoms. The van der Waals surface area contributed by atoms with Crippen molar-refractivity contribution in [2.24, 2.45) is 0 Å². The molecule has 0 spiro atoms. The van der Waals surface area contributed by atoms with Crippen LogP contribution in [0.2, 0.25) is 0 Å². The van der Waals surface area contributed by atoms with Crippen LogP contribution < -0.4 is 5.32 Å². The van der Waals surface area contributed by atoms with Gasteiger partial charge in [0, 0.05) is 28.9 Å². The van der Waals surface area contributed by atoms with Crippen molar-refractivity contribution >= 4 is 21.4 Å². The highest BCUT2D eigenvalue weighted by atomic mass is 32.2. The van der Waals surface area contributed by atoms with E-state index >= 15 is 0 Å². The normalized spacial score (nSPS) is 11.4. The van der Waals surface area contributed by atoms with Crippen LogP contribution in [0, 0.1) is 19.7 Å². The van der Waals surface area contributed by atoms with Gasteiger partial charge in [0.25, 0.3) is 5.91 Å². The SMILES string of the molecule is Cc1ccc(C)n1-c1ccc(C(=O)Nc2cc(S(C)(=O)=O)ccc2F)cc1. The second-order valence-electron chi connectivity index (χ2n) is 6.37. The third-order valence-corrected chi connectivity index (χ3v) is 5.38. The summed E-state index contributed by atoms with van der Waals surface area (Å²) in [6.45, 7) is 3.98. The molecule has 7 heteroatoms. The standard InChI is InChI=1S/C20H19FN2O3S/c1-13-4-5-14(2)23(13)16-8-6-15(7-9-16)20(24)22-19-12-17(27(3,25)26)10-11-18(19)21/h4-12H,1-3H3,(H,22,24). The number of halogens is 1. The maximum absolute atomic E-state index is 14.0. The molecular weight excluding hydrogens is 367 g/mol. The van der Waals surface area contributed by atoms with Gasteiger partial charge in [-0.05, 0) is 68.4 Å². The van der Waals surface area contributed by atoms with E-state index in [1.807, 2.05) is 26.0 Å². The Hall–Kier alpha value is -2.93. The zero-order valence-corrected chi connectivity index (χ0v) is 16.0. The van der Waals surface area contributed by atoms with E-state index in [0.29, 0.717) is 5.56 Å². The zero-order valence-electron chi connectivity index (χ0n) is 15.2. The van der Waals surface area contributed by atoms with Crippen molar-refractivity contribution in [3.8, 4) is 5.69 Å². The molecule has 3 aromatic rings. The van der Waals surface area contributed by atoms with Crippen molar-refractivity contribution in [1.82, 2.24) is 4.57 Å². The molecule has 5 nitrogen and oxygen atoms in total. The van der Waals surface area contributed by atoms with E-state index in [0.717, 1.165) is 41.5 Å². The average molecular weight is 386 g/mol. The number of nitrogens with one attached hydrogen (secondary N) is 1. The molecule has 0 fully saturated rings. The maximum Gasteiger partial charge on any atom is 0.255 e. The monoisotopic (exact) mass is 386 g/mol. The fourth-order valence-corrected chi connectivity index (χ4v) is 3.51. The van der Waals surface area contributed by atoms with Gasteiger partial charge in [-0.15, -0.1) is 0 Å². The summed E-state index contributed by atoms with van der Waals surface area (Å²) in [5.41, 5.74) is 3.22. The predicted octanol–water partition coefficient (Wildman–Crippen LogP) is 3.89. The molecule has 0 aliphatic heterocycles. The second-order valence-corrected chi connectivity index (χ2v) is 8.38. The van der Waals surface area contributed by atoms with Gasteiger partial charge in [-0.2, -0.15) is 0 Å². The largest absolute Gasteiger partial charge is 0.319 e. The Morgan fingerprint density at radius 1 is 0.963 bits per heavy atom. The van der Waals surface area contributed by atoms with Crippen LogP contribution in [0.3, 0.4) is 0 Å². The number of hydrogen-bond acceptors (Lipinski definition) is 3. The molecule has 140 valence electrons. The summed E-state index contributed by atoms with van der Waals surface area (Å²) in [5.74, 6) is -1.22. The average Bonchev–Trinajstić information content (AvgIpc) is 2.94. The van der Waals surface area contributed by atoms with Gasteiger partial charge in [0.2, 0.25) is 0 Å². The van der Waals surface area contributed by atoms with Gasteiger partial charge in [-0.1, -0.05) is 0 Å². The van der Waals surface area contributed by atoms with Crippen molar-refractivity contribution < 1.29 is 17.6 Å². The number of hydrogen-bond donors (Lipinski definition) is 1. The van der Waals surface area contributed by atoms with Gasteiger partial charge in [-0.25, -0.2) is 12.8 Å². The summed E-state index contributed by atoms with van der Waals surface area (Å²) < 4.78 is 39.3. The smallest absolute Gasteiger partial charge is 0.255 e. The Kier molecular flexibility index (Phi) is 4.89. The number of aromatic nitrogens is 1. The number of carbonyl (C=O) groups is 1. The number of rotatable bonds is 4. The summed E-state index contributed by atoms with van der Waals surface area (Å²) in [5, 5.41) is 2.43. The first-order valence-electron chi connectivity index (χ1n) is 8.23. The minimum absolute atomic E-state index is 0.0619. The summed E-state index contributed by atoms with van der Waals surface area (Å²) in [4.78, 5) is 12.4. The molecule has 0 unspecified atom stereocenters. The van der Waals surface area contributed by atoms with Crippen LogP contribution in [0.5, 0.6) is 0 Å². The lowest BCUT2D eigenvalue weighted by molar-refractivity contribution is 0.102. The number of nitrogens with zero attached hydrogens (tertiary/aromatic N) is 1. The number of sulfone groups is 1. The minimum atomic E-state index is -3.50. The fraction of sp³-hybridized carbons (Fsp3) is 0.150. The Labute approximate surface area is 157 Å². The molecule has 1 N–H and O–H groups in total. The molecule has 1 aromatic heterocycles. The van der Waals surface area contributed by atoms with E-state index in [-0.39, 0.29) is 10.6 Å². The third kappa shape index (κ3) is 3.93. The minimum Gasteiger partial charge on any atom is -0.319 e. The fourth-order valence-electron chi connectivity index (χ4n) is 2.86. The molecule has 0 aliphatic rings. The third-order valence-electron chi connectivity index (χ3n) is 4.27. The lowest BCUT2D eigenvalue weighted by atomic mass is 10.1. The van der Waals surface area contributed by atoms with Gasteiger partial charge in [0.15, 0.2) is 9.84 Å². The summed E-state index contributed by atoms with van der Waals surface area (Å²) >= 11 is 0. The van der Waals surface area contributed by atoms with E-state index in [1.54, 1.807) is 24.3 Å². The highest BCUT2D eigenvalue weighted by Crippen LogP contribution is 2.21. The van der Waals surface area contributed by atoms with Gasteiger partial charge in [-0.3, -0.25) is 4.79 Å². The van der Waals surface area contributed by atoms with E-state index in [2.05, 4.69) is 9.88 Å². The first kappa shape index (κ1) is 18.8. The first-order chi connectivity index (χ1) is 12.7. The van der Waals surface area contributed by atoms with Crippen molar-refractivity contribution in [1.29, 1.82) is 0 Å². The topological polar surface area (TPSA) is 68.2 Å². The van der Waals surface area contributed by atoms with Gasteiger partial charge >= 0.3 is 0 Å². The summed E-state index contributed by atoms with van der Waals surface area (Å²) in [7, 11) is -3.50. The maximum atomic E-state index is 14.0. The summed E-state index contributed by atoms with van der Waals surface area (Å²) in [6, 6.07) is 14.2. The highest BCUT2D eigenvalue weighted by Gasteiger charge is 2.14. The molecule has 0 saturated heterocycles. The molecule has 1 amide bonds. The number of aryl methyl sites for hydroxylation is 2. The Morgan fingerprint density at radius 3 is 2.11 bits per heavy atom.